The number of ether oxygens (including phenoxy) is 1. The van der Waals surface area contributed by atoms with Gasteiger partial charge >= 0.3 is 0 Å². The van der Waals surface area contributed by atoms with E-state index in [2.05, 4.69) is 15.9 Å². The van der Waals surface area contributed by atoms with Crippen LogP contribution in [0.5, 0.6) is 5.75 Å². The van der Waals surface area contributed by atoms with E-state index in [1.54, 1.807) is 12.1 Å². The van der Waals surface area contributed by atoms with Crippen molar-refractivity contribution in [2.24, 2.45) is 0 Å². The van der Waals surface area contributed by atoms with Gasteiger partial charge in [-0.05, 0) is 42.3 Å². The Labute approximate surface area is 96.3 Å². The van der Waals surface area contributed by atoms with Crippen LogP contribution in [0.4, 0.5) is 0 Å². The van der Waals surface area contributed by atoms with E-state index in [9.17, 15) is 4.79 Å². The fourth-order valence-electron chi connectivity index (χ4n) is 0.968. The van der Waals surface area contributed by atoms with E-state index in [1.165, 1.54) is 0 Å². The molecule has 0 amide bonds. The van der Waals surface area contributed by atoms with E-state index in [-0.39, 0.29) is 0 Å². The van der Waals surface area contributed by atoms with E-state index < -0.39 is 11.3 Å². The minimum Gasteiger partial charge on any atom is -0.481 e. The molecule has 0 fully saturated rings. The highest BCUT2D eigenvalue weighted by Crippen LogP contribution is 2.18. The Kier molecular flexibility index (Phi) is 4.42. The molecule has 0 aliphatic carbocycles. The second kappa shape index (κ2) is 5.37. The van der Waals surface area contributed by atoms with Gasteiger partial charge in [-0.3, -0.25) is 4.79 Å². The lowest BCUT2D eigenvalue weighted by Gasteiger charge is -2.12. The molecule has 0 aliphatic heterocycles. The molecule has 0 aliphatic rings. The van der Waals surface area contributed by atoms with Crippen molar-refractivity contribution in [1.82, 2.24) is 0 Å². The third-order valence-corrected chi connectivity index (χ3v) is 2.49. The number of rotatable bonds is 4. The van der Waals surface area contributed by atoms with Crippen molar-refractivity contribution in [2.45, 2.75) is 19.4 Å². The highest BCUT2D eigenvalue weighted by atomic mass is 79.9. The van der Waals surface area contributed by atoms with E-state index in [0.717, 1.165) is 4.47 Å². The van der Waals surface area contributed by atoms with Crippen LogP contribution in [0.2, 0.25) is 0 Å². The number of carbonyl (C=O) groups excluding carboxylic acids is 1. The van der Waals surface area contributed by atoms with Gasteiger partial charge in [0.05, 0.1) is 0 Å². The average Bonchev–Trinajstić information content (AvgIpc) is 2.16. The standard InChI is InChI=1S/C10H10BrClO2/c1-2-9(10(12)13)14-8-5-3-7(11)4-6-8/h3-6,9H,2H2,1H3/t9-/m1/s1. The van der Waals surface area contributed by atoms with Gasteiger partial charge in [0.15, 0.2) is 6.10 Å². The van der Waals surface area contributed by atoms with Crippen LogP contribution in [0.3, 0.4) is 0 Å². The summed E-state index contributed by atoms with van der Waals surface area (Å²) in [6.45, 7) is 1.85. The van der Waals surface area contributed by atoms with Crippen LogP contribution in [0.1, 0.15) is 13.3 Å². The molecule has 2 nitrogen and oxygen atoms in total. The zero-order chi connectivity index (χ0) is 10.6. The Morgan fingerprint density at radius 1 is 1.50 bits per heavy atom. The molecule has 0 unspecified atom stereocenters. The van der Waals surface area contributed by atoms with Gasteiger partial charge in [-0.25, -0.2) is 0 Å². The molecule has 4 heteroatoms. The summed E-state index contributed by atoms with van der Waals surface area (Å²) in [5.74, 6) is 0.647. The zero-order valence-electron chi connectivity index (χ0n) is 7.67. The van der Waals surface area contributed by atoms with Gasteiger partial charge in [-0.15, -0.1) is 0 Å². The highest BCUT2D eigenvalue weighted by Gasteiger charge is 2.15. The summed E-state index contributed by atoms with van der Waals surface area (Å²) in [6.07, 6.45) is 0.0103. The lowest BCUT2D eigenvalue weighted by Crippen LogP contribution is -2.22. The number of carbonyl (C=O) groups is 1. The summed E-state index contributed by atoms with van der Waals surface area (Å²) in [6, 6.07) is 7.26. The number of hydrogen-bond acceptors (Lipinski definition) is 2. The maximum absolute atomic E-state index is 10.9. The maximum atomic E-state index is 10.9. The fourth-order valence-corrected chi connectivity index (χ4v) is 1.43. The zero-order valence-corrected chi connectivity index (χ0v) is 10.0. The number of hydrogen-bond donors (Lipinski definition) is 0. The minimum absolute atomic E-state index is 0.463. The molecule has 0 bridgehead atoms. The molecule has 0 heterocycles. The van der Waals surface area contributed by atoms with Gasteiger partial charge in [0.25, 0.3) is 5.24 Å². The van der Waals surface area contributed by atoms with Gasteiger partial charge in [0.1, 0.15) is 5.75 Å². The van der Waals surface area contributed by atoms with Crippen LogP contribution >= 0.6 is 27.5 Å². The molecular formula is C10H10BrClO2. The predicted octanol–water partition coefficient (Wildman–Crippen LogP) is 3.37. The largest absolute Gasteiger partial charge is 0.481 e. The molecule has 0 spiro atoms. The second-order valence-corrected chi connectivity index (χ2v) is 4.06. The van der Waals surface area contributed by atoms with E-state index in [1.807, 2.05) is 19.1 Å². The SMILES string of the molecule is CC[C@@H](Oc1ccc(Br)cc1)C(=O)Cl. The third-order valence-electron chi connectivity index (χ3n) is 1.72. The Bertz CT molecular complexity index is 310. The normalized spacial score (nSPS) is 12.2. The van der Waals surface area contributed by atoms with Gasteiger partial charge in [0.2, 0.25) is 0 Å². The van der Waals surface area contributed by atoms with E-state index in [4.69, 9.17) is 16.3 Å². The molecule has 0 saturated heterocycles. The van der Waals surface area contributed by atoms with Crippen LogP contribution in [0.15, 0.2) is 28.7 Å². The van der Waals surface area contributed by atoms with Crippen molar-refractivity contribution in [3.63, 3.8) is 0 Å². The van der Waals surface area contributed by atoms with Gasteiger partial charge in [-0.2, -0.15) is 0 Å². The smallest absolute Gasteiger partial charge is 0.262 e. The van der Waals surface area contributed by atoms with Crippen molar-refractivity contribution in [3.8, 4) is 5.75 Å². The monoisotopic (exact) mass is 276 g/mol. The summed E-state index contributed by atoms with van der Waals surface area (Å²) in [4.78, 5) is 10.9. The average molecular weight is 278 g/mol. The first kappa shape index (κ1) is 11.5. The van der Waals surface area contributed by atoms with Crippen molar-refractivity contribution in [2.75, 3.05) is 0 Å². The Morgan fingerprint density at radius 2 is 2.07 bits per heavy atom. The number of halogens is 2. The Hall–Kier alpha value is -0.540. The molecule has 0 radical (unpaired) electrons. The highest BCUT2D eigenvalue weighted by molar-refractivity contribution is 9.10. The summed E-state index contributed by atoms with van der Waals surface area (Å²) in [5.41, 5.74) is 0. The van der Waals surface area contributed by atoms with Crippen molar-refractivity contribution >= 4 is 32.8 Å². The van der Waals surface area contributed by atoms with E-state index >= 15 is 0 Å². The number of benzene rings is 1. The maximum Gasteiger partial charge on any atom is 0.262 e. The van der Waals surface area contributed by atoms with Crippen LogP contribution in [-0.4, -0.2) is 11.3 Å². The van der Waals surface area contributed by atoms with Crippen molar-refractivity contribution in [3.05, 3.63) is 28.7 Å². The lowest BCUT2D eigenvalue weighted by atomic mass is 10.3. The molecule has 14 heavy (non-hydrogen) atoms. The molecular weight excluding hydrogens is 267 g/mol. The van der Waals surface area contributed by atoms with Crippen molar-refractivity contribution in [1.29, 1.82) is 0 Å². The molecule has 76 valence electrons. The van der Waals surface area contributed by atoms with Gasteiger partial charge < -0.3 is 4.74 Å². The van der Waals surface area contributed by atoms with Crippen LogP contribution in [-0.2, 0) is 4.79 Å². The lowest BCUT2D eigenvalue weighted by molar-refractivity contribution is -0.117. The molecule has 1 atom stereocenters. The van der Waals surface area contributed by atoms with E-state index in [0.29, 0.717) is 12.2 Å². The van der Waals surface area contributed by atoms with Gasteiger partial charge in [0, 0.05) is 4.47 Å². The van der Waals surface area contributed by atoms with Crippen molar-refractivity contribution < 1.29 is 9.53 Å². The van der Waals surface area contributed by atoms with Gasteiger partial charge in [-0.1, -0.05) is 22.9 Å². The summed E-state index contributed by atoms with van der Waals surface area (Å²) < 4.78 is 6.35. The first-order chi connectivity index (χ1) is 6.63. The topological polar surface area (TPSA) is 26.3 Å². The molecule has 1 aromatic rings. The third kappa shape index (κ3) is 3.31. The molecule has 0 N–H and O–H groups in total. The molecule has 0 saturated carbocycles. The predicted molar refractivity (Wildman–Crippen MR) is 59.7 cm³/mol. The fraction of sp³-hybridized carbons (Fsp3) is 0.300. The second-order valence-electron chi connectivity index (χ2n) is 2.77. The summed E-state index contributed by atoms with van der Waals surface area (Å²) in [7, 11) is 0. The first-order valence-corrected chi connectivity index (χ1v) is 5.42. The summed E-state index contributed by atoms with van der Waals surface area (Å²) >= 11 is 8.66. The Balaban J connectivity index is 2.67. The quantitative estimate of drug-likeness (QED) is 0.789. The minimum atomic E-state index is -0.558. The molecule has 1 aromatic carbocycles. The first-order valence-electron chi connectivity index (χ1n) is 4.25. The molecule has 1 rings (SSSR count). The Morgan fingerprint density at radius 3 is 2.50 bits per heavy atom. The van der Waals surface area contributed by atoms with Crippen LogP contribution < -0.4 is 4.74 Å². The summed E-state index contributed by atoms with van der Waals surface area (Å²) in [5, 5.41) is -0.463. The van der Waals surface area contributed by atoms with Crippen LogP contribution in [0, 0.1) is 0 Å². The van der Waals surface area contributed by atoms with Crippen LogP contribution in [0.25, 0.3) is 0 Å². The molecule has 0 aromatic heterocycles.